The van der Waals surface area contributed by atoms with Crippen LogP contribution in [-0.4, -0.2) is 30.0 Å². The van der Waals surface area contributed by atoms with Crippen molar-refractivity contribution in [3.63, 3.8) is 0 Å². The minimum absolute atomic E-state index is 0.0620. The molecule has 2 aliphatic rings. The number of amides is 3. The van der Waals surface area contributed by atoms with Gasteiger partial charge in [0.1, 0.15) is 0 Å². The number of thiazole rings is 1. The molecule has 0 radical (unpaired) electrons. The Bertz CT molecular complexity index is 532. The van der Waals surface area contributed by atoms with E-state index in [4.69, 9.17) is 0 Å². The first kappa shape index (κ1) is 15.3. The fraction of sp³-hybridized carbons (Fsp3) is 0.667. The van der Waals surface area contributed by atoms with Gasteiger partial charge in [-0.3, -0.25) is 10.1 Å². The predicted octanol–water partition coefficient (Wildman–Crippen LogP) is 2.06. The van der Waals surface area contributed by atoms with E-state index in [0.717, 1.165) is 18.5 Å². The number of carbonyl (C=O) groups excluding carboxylic acids is 2. The molecule has 6 nitrogen and oxygen atoms in total. The SMILES string of the molecule is O=C1CC(CNC(=O)Nc2nc3c(s2)CCCCCC3)CN1. The topological polar surface area (TPSA) is 83.1 Å². The van der Waals surface area contributed by atoms with E-state index >= 15 is 0 Å². The highest BCUT2D eigenvalue weighted by Crippen LogP contribution is 2.28. The molecular weight excluding hydrogens is 300 g/mol. The van der Waals surface area contributed by atoms with Crippen LogP contribution in [0.15, 0.2) is 0 Å². The van der Waals surface area contributed by atoms with Crippen LogP contribution in [0.3, 0.4) is 0 Å². The molecule has 2 heterocycles. The summed E-state index contributed by atoms with van der Waals surface area (Å²) < 4.78 is 0. The number of hydrogen-bond acceptors (Lipinski definition) is 4. The van der Waals surface area contributed by atoms with E-state index in [1.807, 2.05) is 0 Å². The Kier molecular flexibility index (Phi) is 4.92. The molecule has 1 aromatic heterocycles. The number of aryl methyl sites for hydroxylation is 2. The lowest BCUT2D eigenvalue weighted by Gasteiger charge is -2.09. The van der Waals surface area contributed by atoms with Crippen LogP contribution < -0.4 is 16.0 Å². The van der Waals surface area contributed by atoms with Crippen LogP contribution in [0.1, 0.15) is 42.7 Å². The Morgan fingerprint density at radius 2 is 2.09 bits per heavy atom. The Balaban J connectivity index is 1.50. The maximum absolute atomic E-state index is 11.9. The summed E-state index contributed by atoms with van der Waals surface area (Å²) >= 11 is 1.60. The Morgan fingerprint density at radius 1 is 1.27 bits per heavy atom. The van der Waals surface area contributed by atoms with Crippen molar-refractivity contribution >= 4 is 28.4 Å². The largest absolute Gasteiger partial charge is 0.356 e. The Labute approximate surface area is 134 Å². The van der Waals surface area contributed by atoms with Crippen molar-refractivity contribution in [2.75, 3.05) is 18.4 Å². The lowest BCUT2D eigenvalue weighted by atomic mass is 10.0. The molecule has 3 N–H and O–H groups in total. The van der Waals surface area contributed by atoms with E-state index in [-0.39, 0.29) is 17.9 Å². The number of rotatable bonds is 3. The second kappa shape index (κ2) is 7.09. The maximum atomic E-state index is 11.9. The van der Waals surface area contributed by atoms with Crippen LogP contribution in [0.5, 0.6) is 0 Å². The molecule has 0 aromatic carbocycles. The fourth-order valence-corrected chi connectivity index (χ4v) is 3.99. The Hall–Kier alpha value is -1.63. The van der Waals surface area contributed by atoms with Gasteiger partial charge < -0.3 is 10.6 Å². The highest BCUT2D eigenvalue weighted by atomic mass is 32.1. The second-order valence-corrected chi connectivity index (χ2v) is 7.10. The molecule has 0 saturated carbocycles. The smallest absolute Gasteiger partial charge is 0.321 e. The number of fused-ring (bicyclic) bond motifs is 1. The second-order valence-electron chi connectivity index (χ2n) is 6.01. The lowest BCUT2D eigenvalue weighted by Crippen LogP contribution is -2.33. The number of nitrogens with zero attached hydrogens (tertiary/aromatic N) is 1. The van der Waals surface area contributed by atoms with Crippen LogP contribution in [0.25, 0.3) is 0 Å². The third-order valence-corrected chi connectivity index (χ3v) is 5.25. The highest BCUT2D eigenvalue weighted by molar-refractivity contribution is 7.15. The molecule has 120 valence electrons. The summed E-state index contributed by atoms with van der Waals surface area (Å²) in [5.74, 6) is 0.252. The van der Waals surface area contributed by atoms with Crippen molar-refractivity contribution in [3.8, 4) is 0 Å². The quantitative estimate of drug-likeness (QED) is 0.796. The molecule has 1 aliphatic heterocycles. The van der Waals surface area contributed by atoms with Gasteiger partial charge in [-0.15, -0.1) is 11.3 Å². The zero-order valence-corrected chi connectivity index (χ0v) is 13.4. The molecule has 7 heteroatoms. The summed E-state index contributed by atoms with van der Waals surface area (Å²) in [5.41, 5.74) is 1.16. The molecule has 1 atom stereocenters. The van der Waals surface area contributed by atoms with Gasteiger partial charge in [0.25, 0.3) is 0 Å². The average molecular weight is 322 g/mol. The summed E-state index contributed by atoms with van der Waals surface area (Å²) in [6.45, 7) is 1.15. The van der Waals surface area contributed by atoms with Gasteiger partial charge in [-0.25, -0.2) is 9.78 Å². The van der Waals surface area contributed by atoms with E-state index in [1.165, 1.54) is 30.6 Å². The standard InChI is InChI=1S/C15H22N4O2S/c20-13-7-10(8-16-13)9-17-14(21)19-15-18-11-5-3-1-2-4-6-12(11)22-15/h10H,1-9H2,(H,16,20)(H2,17,18,19,21). The van der Waals surface area contributed by atoms with Gasteiger partial charge in [-0.1, -0.05) is 12.8 Å². The zero-order valence-electron chi connectivity index (χ0n) is 12.6. The van der Waals surface area contributed by atoms with E-state index in [0.29, 0.717) is 24.6 Å². The van der Waals surface area contributed by atoms with Crippen LogP contribution in [-0.2, 0) is 17.6 Å². The maximum Gasteiger partial charge on any atom is 0.321 e. The zero-order chi connectivity index (χ0) is 15.4. The van der Waals surface area contributed by atoms with Gasteiger partial charge in [0.05, 0.1) is 5.69 Å². The molecule has 1 unspecified atom stereocenters. The van der Waals surface area contributed by atoms with E-state index in [2.05, 4.69) is 20.9 Å². The minimum Gasteiger partial charge on any atom is -0.356 e. The molecule has 1 saturated heterocycles. The van der Waals surface area contributed by atoms with E-state index < -0.39 is 0 Å². The first-order chi connectivity index (χ1) is 10.7. The number of nitrogens with one attached hydrogen (secondary N) is 3. The van der Waals surface area contributed by atoms with Crippen molar-refractivity contribution in [2.24, 2.45) is 5.92 Å². The summed E-state index contributed by atoms with van der Waals surface area (Å²) in [4.78, 5) is 28.9. The van der Waals surface area contributed by atoms with Gasteiger partial charge in [0.15, 0.2) is 5.13 Å². The summed E-state index contributed by atoms with van der Waals surface area (Å²) in [6, 6.07) is -0.235. The molecule has 1 fully saturated rings. The summed E-state index contributed by atoms with van der Waals surface area (Å²) in [6.07, 6.45) is 7.54. The van der Waals surface area contributed by atoms with Crippen LogP contribution >= 0.6 is 11.3 Å². The predicted molar refractivity (Wildman–Crippen MR) is 86.1 cm³/mol. The van der Waals surface area contributed by atoms with E-state index in [9.17, 15) is 9.59 Å². The van der Waals surface area contributed by atoms with Gasteiger partial charge >= 0.3 is 6.03 Å². The van der Waals surface area contributed by atoms with Crippen molar-refractivity contribution in [2.45, 2.75) is 44.9 Å². The first-order valence-electron chi connectivity index (χ1n) is 8.01. The van der Waals surface area contributed by atoms with Gasteiger partial charge in [-0.05, 0) is 25.7 Å². The van der Waals surface area contributed by atoms with Gasteiger partial charge in [0, 0.05) is 30.3 Å². The third kappa shape index (κ3) is 3.97. The number of anilines is 1. The number of urea groups is 1. The molecule has 3 rings (SSSR count). The lowest BCUT2D eigenvalue weighted by molar-refractivity contribution is -0.119. The normalized spacial score (nSPS) is 21.5. The molecule has 1 aliphatic carbocycles. The van der Waals surface area contributed by atoms with Crippen LogP contribution in [0, 0.1) is 5.92 Å². The summed E-state index contributed by atoms with van der Waals surface area (Å²) in [7, 11) is 0. The van der Waals surface area contributed by atoms with Crippen molar-refractivity contribution < 1.29 is 9.59 Å². The summed E-state index contributed by atoms with van der Waals surface area (Å²) in [5, 5.41) is 9.10. The third-order valence-electron chi connectivity index (χ3n) is 4.18. The number of aromatic nitrogens is 1. The highest BCUT2D eigenvalue weighted by Gasteiger charge is 2.22. The molecule has 0 spiro atoms. The monoisotopic (exact) mass is 322 g/mol. The molecule has 22 heavy (non-hydrogen) atoms. The van der Waals surface area contributed by atoms with Crippen molar-refractivity contribution in [1.29, 1.82) is 0 Å². The minimum atomic E-state index is -0.235. The van der Waals surface area contributed by atoms with Gasteiger partial charge in [0.2, 0.25) is 5.91 Å². The van der Waals surface area contributed by atoms with Crippen LogP contribution in [0.4, 0.5) is 9.93 Å². The number of carbonyl (C=O) groups is 2. The van der Waals surface area contributed by atoms with Crippen molar-refractivity contribution in [3.05, 3.63) is 10.6 Å². The molecule has 1 aromatic rings. The number of hydrogen-bond donors (Lipinski definition) is 3. The molecular formula is C15H22N4O2S. The van der Waals surface area contributed by atoms with Gasteiger partial charge in [-0.2, -0.15) is 0 Å². The van der Waals surface area contributed by atoms with Crippen LogP contribution in [0.2, 0.25) is 0 Å². The first-order valence-corrected chi connectivity index (χ1v) is 8.82. The average Bonchev–Trinajstić information content (AvgIpc) is 3.03. The van der Waals surface area contributed by atoms with Crippen molar-refractivity contribution in [1.82, 2.24) is 15.6 Å². The fourth-order valence-electron chi connectivity index (χ4n) is 2.95. The molecule has 0 bridgehead atoms. The molecule has 3 amide bonds. The van der Waals surface area contributed by atoms with E-state index in [1.54, 1.807) is 11.3 Å². The Morgan fingerprint density at radius 3 is 2.86 bits per heavy atom.